The van der Waals surface area contributed by atoms with Crippen LogP contribution in [0.5, 0.6) is 0 Å². The summed E-state index contributed by atoms with van der Waals surface area (Å²) in [7, 11) is 0. The fourth-order valence-corrected chi connectivity index (χ4v) is 9.02. The number of benzene rings is 7. The first kappa shape index (κ1) is 30.0. The van der Waals surface area contributed by atoms with Crippen molar-refractivity contribution >= 4 is 43.6 Å². The lowest BCUT2D eigenvalue weighted by Gasteiger charge is -2.22. The second kappa shape index (κ2) is 11.1. The highest BCUT2D eigenvalue weighted by Gasteiger charge is 2.35. The number of fused-ring (bicyclic) bond motifs is 9. The first-order valence-corrected chi connectivity index (χ1v) is 18.4. The molecule has 0 amide bonds. The van der Waals surface area contributed by atoms with Crippen LogP contribution in [0.4, 0.5) is 0 Å². The van der Waals surface area contributed by atoms with Crippen molar-refractivity contribution in [2.24, 2.45) is 0 Å². The predicted molar refractivity (Wildman–Crippen MR) is 221 cm³/mol. The molecule has 0 unspecified atom stereocenters. The summed E-state index contributed by atoms with van der Waals surface area (Å²) in [5.74, 6) is 0. The van der Waals surface area contributed by atoms with Gasteiger partial charge in [-0.2, -0.15) is 0 Å². The van der Waals surface area contributed by atoms with Crippen molar-refractivity contribution in [1.82, 2.24) is 14.1 Å². The van der Waals surface area contributed by atoms with Gasteiger partial charge in [-0.25, -0.2) is 0 Å². The van der Waals surface area contributed by atoms with E-state index in [1.54, 1.807) is 0 Å². The number of nitrogens with zero attached hydrogens (tertiary/aromatic N) is 3. The van der Waals surface area contributed by atoms with Crippen LogP contribution in [0.25, 0.3) is 88.4 Å². The maximum Gasteiger partial charge on any atom is 0.0571 e. The third kappa shape index (κ3) is 4.37. The van der Waals surface area contributed by atoms with Gasteiger partial charge in [-0.15, -0.1) is 0 Å². The number of aromatic nitrogens is 3. The molecule has 10 aromatic rings. The number of para-hydroxylation sites is 1. The van der Waals surface area contributed by atoms with Crippen LogP contribution < -0.4 is 0 Å². The van der Waals surface area contributed by atoms with Gasteiger partial charge in [0, 0.05) is 50.7 Å². The van der Waals surface area contributed by atoms with Crippen LogP contribution in [0, 0.1) is 0 Å². The molecule has 0 atom stereocenters. The van der Waals surface area contributed by atoms with Crippen molar-refractivity contribution in [2.45, 2.75) is 19.3 Å². The second-order valence-corrected chi connectivity index (χ2v) is 14.9. The van der Waals surface area contributed by atoms with Gasteiger partial charge >= 0.3 is 0 Å². The van der Waals surface area contributed by atoms with Crippen LogP contribution in [-0.2, 0) is 5.41 Å². The summed E-state index contributed by atoms with van der Waals surface area (Å²) in [6.07, 6.45) is 3.90. The van der Waals surface area contributed by atoms with Gasteiger partial charge in [0.2, 0.25) is 0 Å². The van der Waals surface area contributed by atoms with Crippen LogP contribution in [0.1, 0.15) is 25.0 Å². The molecule has 0 saturated heterocycles. The molecule has 11 rings (SSSR count). The van der Waals surface area contributed by atoms with Crippen LogP contribution in [0.2, 0.25) is 0 Å². The van der Waals surface area contributed by atoms with E-state index in [1.165, 1.54) is 82.9 Å². The largest absolute Gasteiger partial charge is 0.309 e. The van der Waals surface area contributed by atoms with E-state index in [0.717, 1.165) is 16.6 Å². The molecule has 3 heterocycles. The highest BCUT2D eigenvalue weighted by atomic mass is 15.0. The molecule has 53 heavy (non-hydrogen) atoms. The van der Waals surface area contributed by atoms with Crippen LogP contribution in [0.15, 0.2) is 176 Å². The first-order chi connectivity index (χ1) is 26.0. The van der Waals surface area contributed by atoms with Crippen molar-refractivity contribution < 1.29 is 0 Å². The number of hydrogen-bond acceptors (Lipinski definition) is 1. The molecule has 7 aromatic carbocycles. The van der Waals surface area contributed by atoms with Crippen LogP contribution in [0.3, 0.4) is 0 Å². The number of pyridine rings is 1. The number of rotatable bonds is 4. The van der Waals surface area contributed by atoms with Gasteiger partial charge in [0.05, 0.1) is 22.1 Å². The molecule has 1 aliphatic carbocycles. The topological polar surface area (TPSA) is 22.8 Å². The third-order valence-electron chi connectivity index (χ3n) is 11.6. The molecule has 0 aliphatic heterocycles. The van der Waals surface area contributed by atoms with Gasteiger partial charge in [-0.3, -0.25) is 4.98 Å². The van der Waals surface area contributed by atoms with E-state index < -0.39 is 0 Å². The highest BCUT2D eigenvalue weighted by molar-refractivity contribution is 6.12. The van der Waals surface area contributed by atoms with Gasteiger partial charge in [-0.05, 0) is 99.1 Å². The average molecular weight is 678 g/mol. The standard InChI is InChI=1S/C50H35N3/c1-50(2)44-14-8-6-12-38(44)39-24-22-37(30-45(39)50)53-46-15-9-7-13-40(46)41-23-18-35(29-49(41)53)34-19-25-47-42(28-34)43-31-51-27-26-48(43)52(47)36-20-16-33(17-21-36)32-10-4-3-5-11-32/h3-31H,1-2H3. The maximum atomic E-state index is 4.57. The van der Waals surface area contributed by atoms with E-state index in [2.05, 4.69) is 192 Å². The van der Waals surface area contributed by atoms with Gasteiger partial charge in [0.1, 0.15) is 0 Å². The zero-order chi connectivity index (χ0) is 35.3. The zero-order valence-corrected chi connectivity index (χ0v) is 29.6. The molecule has 0 fully saturated rings. The van der Waals surface area contributed by atoms with E-state index in [0.29, 0.717) is 0 Å². The summed E-state index contributed by atoms with van der Waals surface area (Å²) in [6.45, 7) is 4.71. The zero-order valence-electron chi connectivity index (χ0n) is 29.6. The Morgan fingerprint density at radius 1 is 0.396 bits per heavy atom. The van der Waals surface area contributed by atoms with Crippen LogP contribution in [-0.4, -0.2) is 14.1 Å². The Hall–Kier alpha value is -6.71. The minimum Gasteiger partial charge on any atom is -0.309 e. The Bertz CT molecular complexity index is 3070. The summed E-state index contributed by atoms with van der Waals surface area (Å²) >= 11 is 0. The van der Waals surface area contributed by atoms with E-state index in [1.807, 2.05) is 12.4 Å². The van der Waals surface area contributed by atoms with Crippen molar-refractivity contribution in [3.8, 4) is 44.8 Å². The smallest absolute Gasteiger partial charge is 0.0571 e. The third-order valence-corrected chi connectivity index (χ3v) is 11.6. The normalized spacial score (nSPS) is 13.2. The minimum atomic E-state index is -0.0702. The molecule has 250 valence electrons. The fourth-order valence-electron chi connectivity index (χ4n) is 9.02. The lowest BCUT2D eigenvalue weighted by atomic mass is 9.82. The number of hydrogen-bond donors (Lipinski definition) is 0. The van der Waals surface area contributed by atoms with Gasteiger partial charge in [0.15, 0.2) is 0 Å². The maximum absolute atomic E-state index is 4.57. The Morgan fingerprint density at radius 3 is 1.91 bits per heavy atom. The van der Waals surface area contributed by atoms with E-state index in [4.69, 9.17) is 0 Å². The Morgan fingerprint density at radius 2 is 1.02 bits per heavy atom. The summed E-state index contributed by atoms with van der Waals surface area (Å²) in [5, 5.41) is 4.86. The summed E-state index contributed by atoms with van der Waals surface area (Å²) < 4.78 is 4.82. The molecule has 0 bridgehead atoms. The van der Waals surface area contributed by atoms with E-state index >= 15 is 0 Å². The monoisotopic (exact) mass is 677 g/mol. The lowest BCUT2D eigenvalue weighted by Crippen LogP contribution is -2.15. The van der Waals surface area contributed by atoms with E-state index in [9.17, 15) is 0 Å². The Labute approximate surface area is 308 Å². The van der Waals surface area contributed by atoms with Crippen molar-refractivity contribution in [3.05, 3.63) is 187 Å². The fraction of sp³-hybridized carbons (Fsp3) is 0.0600. The van der Waals surface area contributed by atoms with Crippen molar-refractivity contribution in [1.29, 1.82) is 0 Å². The van der Waals surface area contributed by atoms with E-state index in [-0.39, 0.29) is 5.41 Å². The molecule has 1 aliphatic rings. The molecular formula is C50H35N3. The van der Waals surface area contributed by atoms with Crippen LogP contribution >= 0.6 is 0 Å². The van der Waals surface area contributed by atoms with Gasteiger partial charge in [0.25, 0.3) is 0 Å². The second-order valence-electron chi connectivity index (χ2n) is 14.9. The quantitative estimate of drug-likeness (QED) is 0.182. The molecule has 0 saturated carbocycles. The lowest BCUT2D eigenvalue weighted by molar-refractivity contribution is 0.660. The molecule has 0 radical (unpaired) electrons. The average Bonchev–Trinajstić information content (AvgIpc) is 3.81. The summed E-state index contributed by atoms with van der Waals surface area (Å²) in [4.78, 5) is 4.57. The van der Waals surface area contributed by atoms with Gasteiger partial charge in [-0.1, -0.05) is 123 Å². The van der Waals surface area contributed by atoms with Crippen molar-refractivity contribution in [3.63, 3.8) is 0 Å². The SMILES string of the molecule is CC1(C)c2ccccc2-c2ccc(-n3c4ccccc4c4ccc(-c5ccc6c(c5)c5cnccc5n6-c5ccc(-c6ccccc6)cc5)cc43)cc21. The summed E-state index contributed by atoms with van der Waals surface area (Å²) in [6, 6.07) is 60.1. The molecule has 3 aromatic heterocycles. The Kier molecular flexibility index (Phi) is 6.30. The first-order valence-electron chi connectivity index (χ1n) is 18.4. The molecule has 0 spiro atoms. The summed E-state index contributed by atoms with van der Waals surface area (Å²) in [5.41, 5.74) is 17.3. The molecule has 3 heteroatoms. The molecule has 0 N–H and O–H groups in total. The van der Waals surface area contributed by atoms with Crippen molar-refractivity contribution in [2.75, 3.05) is 0 Å². The predicted octanol–water partition coefficient (Wildman–Crippen LogP) is 12.9. The molecular weight excluding hydrogens is 643 g/mol. The Balaban J connectivity index is 1.07. The highest BCUT2D eigenvalue weighted by Crippen LogP contribution is 2.49. The minimum absolute atomic E-state index is 0.0702. The molecule has 3 nitrogen and oxygen atoms in total. The van der Waals surface area contributed by atoms with Gasteiger partial charge < -0.3 is 9.13 Å².